The number of amides is 3. The van der Waals surface area contributed by atoms with E-state index in [1.807, 2.05) is 6.07 Å². The van der Waals surface area contributed by atoms with E-state index >= 15 is 0 Å². The van der Waals surface area contributed by atoms with E-state index < -0.39 is 22.4 Å². The molecule has 9 nitrogen and oxygen atoms in total. The van der Waals surface area contributed by atoms with Gasteiger partial charge in [0.15, 0.2) is 0 Å². The molecule has 0 bridgehead atoms. The lowest BCUT2D eigenvalue weighted by atomic mass is 9.91. The number of benzene rings is 2. The molecule has 28 heavy (non-hydrogen) atoms. The topological polar surface area (TPSA) is 126 Å². The van der Waals surface area contributed by atoms with E-state index in [-0.39, 0.29) is 24.6 Å². The van der Waals surface area contributed by atoms with Crippen LogP contribution in [0.15, 0.2) is 48.5 Å². The first-order valence-electron chi connectivity index (χ1n) is 8.37. The van der Waals surface area contributed by atoms with Crippen molar-refractivity contribution in [2.75, 3.05) is 13.2 Å². The zero-order valence-electron chi connectivity index (χ0n) is 14.9. The van der Waals surface area contributed by atoms with Crippen molar-refractivity contribution in [3.8, 4) is 11.8 Å². The molecule has 3 amide bonds. The van der Waals surface area contributed by atoms with E-state index in [0.29, 0.717) is 11.1 Å². The van der Waals surface area contributed by atoms with Crippen LogP contribution < -0.4 is 10.1 Å². The monoisotopic (exact) mass is 380 g/mol. The lowest BCUT2D eigenvalue weighted by molar-refractivity contribution is -0.384. The van der Waals surface area contributed by atoms with Crippen LogP contribution in [-0.4, -0.2) is 34.9 Å². The van der Waals surface area contributed by atoms with E-state index in [2.05, 4.69) is 5.32 Å². The van der Waals surface area contributed by atoms with E-state index in [1.165, 1.54) is 18.2 Å². The summed E-state index contributed by atoms with van der Waals surface area (Å²) in [6.07, 6.45) is 0. The van der Waals surface area contributed by atoms with Crippen molar-refractivity contribution < 1.29 is 19.2 Å². The minimum atomic E-state index is -1.24. The largest absolute Gasteiger partial charge is 0.491 e. The molecular formula is C19H16N4O5. The van der Waals surface area contributed by atoms with Crippen LogP contribution >= 0.6 is 0 Å². The summed E-state index contributed by atoms with van der Waals surface area (Å²) in [5.41, 5.74) is -0.337. The van der Waals surface area contributed by atoms with Crippen LogP contribution in [0.3, 0.4) is 0 Å². The number of carbonyl (C=O) groups excluding carboxylic acids is 2. The average molecular weight is 380 g/mol. The van der Waals surface area contributed by atoms with Crippen LogP contribution in [0.1, 0.15) is 18.1 Å². The molecule has 0 aliphatic carbocycles. The Hall–Kier alpha value is -3.93. The summed E-state index contributed by atoms with van der Waals surface area (Å²) in [6.45, 7) is 1.57. The van der Waals surface area contributed by atoms with Gasteiger partial charge in [-0.2, -0.15) is 5.26 Å². The minimum absolute atomic E-state index is 0.0101. The fourth-order valence-corrected chi connectivity index (χ4v) is 2.92. The Balaban J connectivity index is 1.67. The Morgan fingerprint density at radius 1 is 1.25 bits per heavy atom. The Kier molecular flexibility index (Phi) is 4.96. The summed E-state index contributed by atoms with van der Waals surface area (Å²) in [5.74, 6) is -0.166. The van der Waals surface area contributed by atoms with Crippen molar-refractivity contribution >= 4 is 17.6 Å². The zero-order chi connectivity index (χ0) is 20.3. The summed E-state index contributed by atoms with van der Waals surface area (Å²) in [4.78, 5) is 36.4. The van der Waals surface area contributed by atoms with Gasteiger partial charge in [-0.3, -0.25) is 19.8 Å². The molecule has 9 heteroatoms. The SMILES string of the molecule is CC1(c2ccc(C#N)cc2)NC(=O)N(CCOc2cccc([N+](=O)[O-])c2)C1=O. The molecule has 1 heterocycles. The van der Waals surface area contributed by atoms with Crippen molar-refractivity contribution in [2.24, 2.45) is 0 Å². The van der Waals surface area contributed by atoms with Crippen molar-refractivity contribution in [2.45, 2.75) is 12.5 Å². The predicted octanol–water partition coefficient (Wildman–Crippen LogP) is 2.31. The third-order valence-electron chi connectivity index (χ3n) is 4.48. The number of rotatable bonds is 6. The van der Waals surface area contributed by atoms with E-state index in [0.717, 1.165) is 4.90 Å². The van der Waals surface area contributed by atoms with Gasteiger partial charge in [0, 0.05) is 6.07 Å². The summed E-state index contributed by atoms with van der Waals surface area (Å²) < 4.78 is 5.45. The van der Waals surface area contributed by atoms with Crippen LogP contribution in [0, 0.1) is 21.4 Å². The van der Waals surface area contributed by atoms with Crippen LogP contribution in [0.25, 0.3) is 0 Å². The number of hydrogen-bond donors (Lipinski definition) is 1. The van der Waals surface area contributed by atoms with Gasteiger partial charge >= 0.3 is 6.03 Å². The standard InChI is InChI=1S/C19H16N4O5/c1-19(14-7-5-13(12-20)6-8-14)17(24)22(18(25)21-19)9-10-28-16-4-2-3-15(11-16)23(26)27/h2-8,11H,9-10H2,1H3,(H,21,25). The molecule has 0 saturated carbocycles. The fraction of sp³-hybridized carbons (Fsp3) is 0.211. The number of nitriles is 1. The molecule has 0 aromatic heterocycles. The smallest absolute Gasteiger partial charge is 0.325 e. The maximum absolute atomic E-state index is 12.8. The minimum Gasteiger partial charge on any atom is -0.491 e. The fourth-order valence-electron chi connectivity index (χ4n) is 2.92. The summed E-state index contributed by atoms with van der Waals surface area (Å²) in [7, 11) is 0. The molecule has 1 N–H and O–H groups in total. The number of nitro groups is 1. The molecular weight excluding hydrogens is 364 g/mol. The highest BCUT2D eigenvalue weighted by Gasteiger charge is 2.48. The van der Waals surface area contributed by atoms with Gasteiger partial charge in [-0.05, 0) is 30.7 Å². The lowest BCUT2D eigenvalue weighted by Crippen LogP contribution is -2.41. The highest BCUT2D eigenvalue weighted by molar-refractivity contribution is 6.07. The number of nitrogens with one attached hydrogen (secondary N) is 1. The number of urea groups is 1. The molecule has 1 aliphatic rings. The second-order valence-electron chi connectivity index (χ2n) is 6.30. The number of nitrogens with zero attached hydrogens (tertiary/aromatic N) is 3. The van der Waals surface area contributed by atoms with Gasteiger partial charge in [0.25, 0.3) is 11.6 Å². The van der Waals surface area contributed by atoms with Gasteiger partial charge in [-0.25, -0.2) is 4.79 Å². The number of carbonyl (C=O) groups is 2. The van der Waals surface area contributed by atoms with Gasteiger partial charge in [0.05, 0.1) is 29.2 Å². The van der Waals surface area contributed by atoms with Gasteiger partial charge in [0.1, 0.15) is 17.9 Å². The number of nitro benzene ring substituents is 1. The Bertz CT molecular complexity index is 983. The highest BCUT2D eigenvalue weighted by Crippen LogP contribution is 2.29. The molecule has 1 unspecified atom stereocenters. The average Bonchev–Trinajstić information content (AvgIpc) is 2.92. The third kappa shape index (κ3) is 3.48. The van der Waals surface area contributed by atoms with Gasteiger partial charge in [0.2, 0.25) is 0 Å². The molecule has 2 aromatic carbocycles. The van der Waals surface area contributed by atoms with Crippen LogP contribution in [0.2, 0.25) is 0 Å². The highest BCUT2D eigenvalue weighted by atomic mass is 16.6. The summed E-state index contributed by atoms with van der Waals surface area (Å²) in [5, 5.41) is 22.3. The normalized spacial score (nSPS) is 18.5. The maximum atomic E-state index is 12.8. The molecule has 1 fully saturated rings. The maximum Gasteiger partial charge on any atom is 0.325 e. The van der Waals surface area contributed by atoms with Crippen molar-refractivity contribution in [3.05, 3.63) is 69.8 Å². The number of hydrogen-bond acceptors (Lipinski definition) is 6. The first kappa shape index (κ1) is 18.8. The number of ether oxygens (including phenoxy) is 1. The van der Waals surface area contributed by atoms with Gasteiger partial charge in [-0.15, -0.1) is 0 Å². The predicted molar refractivity (Wildman–Crippen MR) is 97.3 cm³/mol. The number of imide groups is 1. The molecule has 0 radical (unpaired) electrons. The Morgan fingerprint density at radius 3 is 2.61 bits per heavy atom. The molecule has 142 valence electrons. The number of non-ortho nitro benzene ring substituents is 1. The van der Waals surface area contributed by atoms with E-state index in [1.54, 1.807) is 37.3 Å². The third-order valence-corrected chi connectivity index (χ3v) is 4.48. The first-order chi connectivity index (χ1) is 13.3. The molecule has 3 rings (SSSR count). The Morgan fingerprint density at radius 2 is 1.96 bits per heavy atom. The first-order valence-corrected chi connectivity index (χ1v) is 8.37. The quantitative estimate of drug-likeness (QED) is 0.466. The van der Waals surface area contributed by atoms with Crippen molar-refractivity contribution in [3.63, 3.8) is 0 Å². The van der Waals surface area contributed by atoms with E-state index in [9.17, 15) is 19.7 Å². The second kappa shape index (κ2) is 7.36. The van der Waals surface area contributed by atoms with Gasteiger partial charge < -0.3 is 10.1 Å². The van der Waals surface area contributed by atoms with Gasteiger partial charge in [-0.1, -0.05) is 18.2 Å². The summed E-state index contributed by atoms with van der Waals surface area (Å²) >= 11 is 0. The molecule has 1 atom stereocenters. The zero-order valence-corrected chi connectivity index (χ0v) is 14.9. The molecule has 1 saturated heterocycles. The van der Waals surface area contributed by atoms with E-state index in [4.69, 9.17) is 10.00 Å². The van der Waals surface area contributed by atoms with Crippen molar-refractivity contribution in [1.82, 2.24) is 10.2 Å². The summed E-state index contributed by atoms with van der Waals surface area (Å²) in [6, 6.07) is 13.5. The molecule has 2 aromatic rings. The molecule has 1 aliphatic heterocycles. The lowest BCUT2D eigenvalue weighted by Gasteiger charge is -2.22. The van der Waals surface area contributed by atoms with Crippen LogP contribution in [-0.2, 0) is 10.3 Å². The van der Waals surface area contributed by atoms with Crippen LogP contribution in [0.4, 0.5) is 10.5 Å². The second-order valence-corrected chi connectivity index (χ2v) is 6.30. The van der Waals surface area contributed by atoms with Crippen LogP contribution in [0.5, 0.6) is 5.75 Å². The Labute approximate surface area is 160 Å². The van der Waals surface area contributed by atoms with Crippen molar-refractivity contribution in [1.29, 1.82) is 5.26 Å². The molecule has 0 spiro atoms.